The van der Waals surface area contributed by atoms with Gasteiger partial charge in [0.05, 0.1) is 6.21 Å². The predicted octanol–water partition coefficient (Wildman–Crippen LogP) is 2.33. The quantitative estimate of drug-likeness (QED) is 0.555. The van der Waals surface area contributed by atoms with Crippen LogP contribution < -0.4 is 4.74 Å². The molecular formula is C11H7N3O. The third kappa shape index (κ3) is 1.36. The van der Waals surface area contributed by atoms with E-state index in [0.717, 1.165) is 5.69 Å². The number of para-hydroxylation sites is 2. The highest BCUT2D eigenvalue weighted by Crippen LogP contribution is 2.33. The van der Waals surface area contributed by atoms with E-state index in [1.165, 1.54) is 0 Å². The van der Waals surface area contributed by atoms with Crippen LogP contribution in [0.5, 0.6) is 11.6 Å². The van der Waals surface area contributed by atoms with Gasteiger partial charge in [0.15, 0.2) is 5.75 Å². The van der Waals surface area contributed by atoms with Gasteiger partial charge in [0, 0.05) is 12.4 Å². The molecule has 0 saturated carbocycles. The molecule has 1 aliphatic rings. The molecule has 1 aromatic carbocycles. The Hall–Kier alpha value is -2.23. The van der Waals surface area contributed by atoms with Crippen molar-refractivity contribution in [3.05, 3.63) is 42.4 Å². The predicted molar refractivity (Wildman–Crippen MR) is 55.8 cm³/mol. The van der Waals surface area contributed by atoms with Gasteiger partial charge in [-0.25, -0.2) is 9.97 Å². The maximum Gasteiger partial charge on any atom is 0.247 e. The van der Waals surface area contributed by atoms with Gasteiger partial charge in [-0.2, -0.15) is 0 Å². The average molecular weight is 197 g/mol. The van der Waals surface area contributed by atoms with Crippen molar-refractivity contribution in [2.24, 2.45) is 4.99 Å². The van der Waals surface area contributed by atoms with E-state index in [9.17, 15) is 0 Å². The van der Waals surface area contributed by atoms with Gasteiger partial charge in [-0.1, -0.05) is 12.1 Å². The molecule has 0 saturated heterocycles. The summed E-state index contributed by atoms with van der Waals surface area (Å²) in [5.74, 6) is 1.19. The van der Waals surface area contributed by atoms with Crippen molar-refractivity contribution in [2.45, 2.75) is 0 Å². The van der Waals surface area contributed by atoms with Crippen molar-refractivity contribution < 1.29 is 4.74 Å². The van der Waals surface area contributed by atoms with Crippen LogP contribution >= 0.6 is 0 Å². The lowest BCUT2D eigenvalue weighted by Crippen LogP contribution is -1.93. The van der Waals surface area contributed by atoms with Crippen LogP contribution in [0.15, 0.2) is 41.7 Å². The van der Waals surface area contributed by atoms with E-state index in [2.05, 4.69) is 15.0 Å². The monoisotopic (exact) mass is 197 g/mol. The van der Waals surface area contributed by atoms with E-state index < -0.39 is 0 Å². The number of aliphatic imine (C=N–C) groups is 1. The van der Waals surface area contributed by atoms with Gasteiger partial charge in [0.2, 0.25) is 5.88 Å². The number of aromatic nitrogens is 2. The molecule has 0 aliphatic carbocycles. The Bertz CT molecular complexity index is 489. The first kappa shape index (κ1) is 8.11. The van der Waals surface area contributed by atoms with E-state index in [-0.39, 0.29) is 0 Å². The first-order chi connectivity index (χ1) is 7.43. The van der Waals surface area contributed by atoms with Crippen LogP contribution in [0, 0.1) is 0 Å². The Morgan fingerprint density at radius 1 is 1.00 bits per heavy atom. The molecule has 0 fully saturated rings. The minimum Gasteiger partial charge on any atom is -0.435 e. The van der Waals surface area contributed by atoms with E-state index in [1.54, 1.807) is 18.6 Å². The zero-order chi connectivity index (χ0) is 10.1. The fourth-order valence-corrected chi connectivity index (χ4v) is 1.39. The van der Waals surface area contributed by atoms with Gasteiger partial charge < -0.3 is 4.74 Å². The first-order valence-electron chi connectivity index (χ1n) is 4.55. The standard InChI is InChI=1S/C11H7N3O/c1-2-4-10-8(3-1)14-7-9-11(15-10)13-6-5-12-9/h1-7H. The van der Waals surface area contributed by atoms with Gasteiger partial charge in [0.25, 0.3) is 0 Å². The third-order valence-electron chi connectivity index (χ3n) is 2.09. The molecule has 0 amide bonds. The summed E-state index contributed by atoms with van der Waals surface area (Å²) in [6.07, 6.45) is 4.87. The van der Waals surface area contributed by atoms with Gasteiger partial charge in [-0.15, -0.1) is 0 Å². The van der Waals surface area contributed by atoms with Crippen molar-refractivity contribution >= 4 is 11.9 Å². The lowest BCUT2D eigenvalue weighted by atomic mass is 10.3. The Balaban J connectivity index is 2.19. The molecule has 2 heterocycles. The molecule has 2 aromatic rings. The fraction of sp³-hybridized carbons (Fsp3) is 0. The summed E-state index contributed by atoms with van der Waals surface area (Å²) in [5.41, 5.74) is 1.44. The minimum absolute atomic E-state index is 0.492. The minimum atomic E-state index is 0.492. The second kappa shape index (κ2) is 3.16. The third-order valence-corrected chi connectivity index (χ3v) is 2.09. The van der Waals surface area contributed by atoms with Crippen LogP contribution in [0.2, 0.25) is 0 Å². The number of hydrogen-bond donors (Lipinski definition) is 0. The zero-order valence-electron chi connectivity index (χ0n) is 7.79. The summed E-state index contributed by atoms with van der Waals surface area (Å²) in [7, 11) is 0. The van der Waals surface area contributed by atoms with Crippen LogP contribution in [0.3, 0.4) is 0 Å². The van der Waals surface area contributed by atoms with E-state index in [4.69, 9.17) is 4.74 Å². The van der Waals surface area contributed by atoms with Crippen LogP contribution in [0.1, 0.15) is 5.69 Å². The summed E-state index contributed by atoms with van der Waals surface area (Å²) in [4.78, 5) is 12.5. The van der Waals surface area contributed by atoms with E-state index in [0.29, 0.717) is 17.3 Å². The average Bonchev–Trinajstić information content (AvgIpc) is 2.48. The number of rotatable bonds is 0. The fourth-order valence-electron chi connectivity index (χ4n) is 1.39. The molecule has 1 aliphatic heterocycles. The molecule has 0 N–H and O–H groups in total. The Labute approximate surface area is 86.3 Å². The van der Waals surface area contributed by atoms with Crippen LogP contribution in [-0.2, 0) is 0 Å². The van der Waals surface area contributed by atoms with Gasteiger partial charge in [-0.3, -0.25) is 4.99 Å². The Morgan fingerprint density at radius 2 is 1.87 bits per heavy atom. The summed E-state index contributed by atoms with van der Waals surface area (Å²) in [5, 5.41) is 0. The molecule has 72 valence electrons. The van der Waals surface area contributed by atoms with Crippen molar-refractivity contribution in [1.82, 2.24) is 9.97 Å². The SMILES string of the molecule is C1=Nc2ccccc2Oc2nccnc21. The topological polar surface area (TPSA) is 47.4 Å². The van der Waals surface area contributed by atoms with Crippen LogP contribution in [-0.4, -0.2) is 16.2 Å². The Kier molecular flexibility index (Phi) is 1.71. The van der Waals surface area contributed by atoms with Crippen molar-refractivity contribution in [1.29, 1.82) is 0 Å². The molecule has 0 bridgehead atoms. The highest BCUT2D eigenvalue weighted by Gasteiger charge is 2.11. The van der Waals surface area contributed by atoms with Crippen molar-refractivity contribution in [2.75, 3.05) is 0 Å². The zero-order valence-corrected chi connectivity index (χ0v) is 7.79. The molecule has 0 atom stereocenters. The maximum atomic E-state index is 5.60. The number of hydrogen-bond acceptors (Lipinski definition) is 4. The van der Waals surface area contributed by atoms with Crippen molar-refractivity contribution in [3.8, 4) is 11.6 Å². The number of fused-ring (bicyclic) bond motifs is 2. The van der Waals surface area contributed by atoms with Gasteiger partial charge in [0.1, 0.15) is 11.4 Å². The molecule has 1 aromatic heterocycles. The van der Waals surface area contributed by atoms with Crippen LogP contribution in [0.4, 0.5) is 5.69 Å². The summed E-state index contributed by atoms with van der Waals surface area (Å²) >= 11 is 0. The van der Waals surface area contributed by atoms with Crippen molar-refractivity contribution in [3.63, 3.8) is 0 Å². The molecule has 0 unspecified atom stereocenters. The highest BCUT2D eigenvalue weighted by molar-refractivity contribution is 5.84. The molecule has 4 heteroatoms. The molecule has 15 heavy (non-hydrogen) atoms. The molecule has 0 radical (unpaired) electrons. The largest absolute Gasteiger partial charge is 0.435 e. The van der Waals surface area contributed by atoms with E-state index >= 15 is 0 Å². The molecule has 4 nitrogen and oxygen atoms in total. The molecule has 3 rings (SSSR count). The first-order valence-corrected chi connectivity index (χ1v) is 4.55. The molecular weight excluding hydrogens is 190 g/mol. The summed E-state index contributed by atoms with van der Waals surface area (Å²) in [6.45, 7) is 0. The summed E-state index contributed by atoms with van der Waals surface area (Å²) < 4.78 is 5.60. The maximum absolute atomic E-state index is 5.60. The number of ether oxygens (including phenoxy) is 1. The number of nitrogens with zero attached hydrogens (tertiary/aromatic N) is 3. The normalized spacial score (nSPS) is 12.3. The second-order valence-electron chi connectivity index (χ2n) is 3.07. The van der Waals surface area contributed by atoms with Gasteiger partial charge >= 0.3 is 0 Å². The Morgan fingerprint density at radius 3 is 2.87 bits per heavy atom. The molecule has 0 spiro atoms. The van der Waals surface area contributed by atoms with Gasteiger partial charge in [-0.05, 0) is 12.1 Å². The lowest BCUT2D eigenvalue weighted by Gasteiger charge is -2.04. The van der Waals surface area contributed by atoms with Crippen LogP contribution in [0.25, 0.3) is 0 Å². The van der Waals surface area contributed by atoms with E-state index in [1.807, 2.05) is 24.3 Å². The smallest absolute Gasteiger partial charge is 0.247 e. The second-order valence-corrected chi connectivity index (χ2v) is 3.07. The lowest BCUT2D eigenvalue weighted by molar-refractivity contribution is 0.462. The summed E-state index contributed by atoms with van der Waals surface area (Å²) in [6, 6.07) is 7.56. The highest BCUT2D eigenvalue weighted by atomic mass is 16.5. The number of benzene rings is 1.